The number of para-hydroxylation sites is 1. The molecule has 2 aromatic carbocycles. The summed E-state index contributed by atoms with van der Waals surface area (Å²) in [6, 6.07) is 15.9. The fourth-order valence-corrected chi connectivity index (χ4v) is 3.54. The minimum absolute atomic E-state index is 0.456. The van der Waals surface area contributed by atoms with Crippen LogP contribution in [0.25, 0.3) is 0 Å². The van der Waals surface area contributed by atoms with E-state index in [0.29, 0.717) is 29.7 Å². The smallest absolute Gasteiger partial charge is 0.219 e. The first kappa shape index (κ1) is 23.9. The van der Waals surface area contributed by atoms with Gasteiger partial charge in [0, 0.05) is 32.4 Å². The van der Waals surface area contributed by atoms with Crippen LogP contribution in [-0.4, -0.2) is 38.8 Å². The van der Waals surface area contributed by atoms with Gasteiger partial charge in [-0.05, 0) is 43.5 Å². The molecule has 0 bridgehead atoms. The van der Waals surface area contributed by atoms with E-state index in [1.54, 1.807) is 27.5 Å². The Morgan fingerprint density at radius 1 is 0.909 bits per heavy atom. The van der Waals surface area contributed by atoms with E-state index < -0.39 is 0 Å². The molecule has 0 aliphatic carbocycles. The number of aliphatic imine (C=N–C) groups is 1. The molecule has 0 aliphatic rings. The highest BCUT2D eigenvalue weighted by Gasteiger charge is 2.13. The number of methoxy groups -OCH3 is 2. The predicted octanol–water partition coefficient (Wildman–Crippen LogP) is 4.42. The number of guanidine groups is 1. The van der Waals surface area contributed by atoms with E-state index in [9.17, 15) is 0 Å². The molecule has 7 nitrogen and oxygen atoms in total. The second-order valence-electron chi connectivity index (χ2n) is 7.70. The van der Waals surface area contributed by atoms with Gasteiger partial charge in [0.15, 0.2) is 17.5 Å². The molecular weight excluding hydrogens is 416 g/mol. The van der Waals surface area contributed by atoms with Crippen molar-refractivity contribution < 1.29 is 14.2 Å². The lowest BCUT2D eigenvalue weighted by atomic mass is 10.1. The summed E-state index contributed by atoms with van der Waals surface area (Å²) in [5, 5.41) is 6.68. The Kier molecular flexibility index (Phi) is 8.52. The molecule has 0 atom stereocenters. The molecule has 3 aromatic rings. The quantitative estimate of drug-likeness (QED) is 0.373. The standard InChI is InChI=1S/C26H32N4O3/c1-18-13-19(2)15-20(14-18)11-12-28-26(27-3)30-17-21-9-10-24(29-16-21)33-25-22(31-4)7-6-8-23(25)32-5/h6-10,13-16H,11-12,17H2,1-5H3,(H2,27,28,30). The Morgan fingerprint density at radius 2 is 1.61 bits per heavy atom. The molecule has 1 aromatic heterocycles. The zero-order valence-corrected chi connectivity index (χ0v) is 19.9. The van der Waals surface area contributed by atoms with E-state index in [1.807, 2.05) is 30.3 Å². The molecule has 0 fully saturated rings. The molecule has 0 aliphatic heterocycles. The van der Waals surface area contributed by atoms with Crippen molar-refractivity contribution in [3.63, 3.8) is 0 Å². The molecule has 0 saturated heterocycles. The first-order valence-electron chi connectivity index (χ1n) is 10.9. The van der Waals surface area contributed by atoms with Gasteiger partial charge < -0.3 is 24.8 Å². The van der Waals surface area contributed by atoms with Crippen LogP contribution in [0.15, 0.2) is 59.7 Å². The fraction of sp³-hybridized carbons (Fsp3) is 0.308. The summed E-state index contributed by atoms with van der Waals surface area (Å²) in [6.45, 7) is 5.64. The number of nitrogens with one attached hydrogen (secondary N) is 2. The molecule has 0 radical (unpaired) electrons. The van der Waals surface area contributed by atoms with Crippen molar-refractivity contribution in [1.82, 2.24) is 15.6 Å². The normalized spacial score (nSPS) is 11.1. The molecule has 3 rings (SSSR count). The van der Waals surface area contributed by atoms with Crippen LogP contribution in [0.5, 0.6) is 23.1 Å². The number of aromatic nitrogens is 1. The monoisotopic (exact) mass is 448 g/mol. The first-order chi connectivity index (χ1) is 16.0. The van der Waals surface area contributed by atoms with E-state index in [-0.39, 0.29) is 0 Å². The highest BCUT2D eigenvalue weighted by Crippen LogP contribution is 2.39. The first-order valence-corrected chi connectivity index (χ1v) is 10.9. The lowest BCUT2D eigenvalue weighted by molar-refractivity contribution is 0.342. The highest BCUT2D eigenvalue weighted by molar-refractivity contribution is 5.79. The number of aryl methyl sites for hydroxylation is 2. The van der Waals surface area contributed by atoms with Gasteiger partial charge in [0.1, 0.15) is 0 Å². The van der Waals surface area contributed by atoms with Gasteiger partial charge in [0.2, 0.25) is 11.6 Å². The maximum Gasteiger partial charge on any atom is 0.219 e. The Balaban J connectivity index is 1.52. The van der Waals surface area contributed by atoms with Gasteiger partial charge in [-0.1, -0.05) is 41.5 Å². The van der Waals surface area contributed by atoms with Gasteiger partial charge in [-0.15, -0.1) is 0 Å². The second-order valence-corrected chi connectivity index (χ2v) is 7.70. The van der Waals surface area contributed by atoms with Crippen LogP contribution >= 0.6 is 0 Å². The molecule has 1 heterocycles. The minimum Gasteiger partial charge on any atom is -0.493 e. The topological polar surface area (TPSA) is 77.0 Å². The molecule has 0 spiro atoms. The van der Waals surface area contributed by atoms with Gasteiger partial charge >= 0.3 is 0 Å². The second kappa shape index (κ2) is 11.8. The summed E-state index contributed by atoms with van der Waals surface area (Å²) >= 11 is 0. The van der Waals surface area contributed by atoms with Gasteiger partial charge in [0.05, 0.1) is 14.2 Å². The number of ether oxygens (including phenoxy) is 3. The van der Waals surface area contributed by atoms with E-state index in [1.165, 1.54) is 16.7 Å². The van der Waals surface area contributed by atoms with E-state index in [4.69, 9.17) is 14.2 Å². The lowest BCUT2D eigenvalue weighted by Crippen LogP contribution is -2.37. The maximum atomic E-state index is 5.92. The van der Waals surface area contributed by atoms with Crippen LogP contribution < -0.4 is 24.8 Å². The van der Waals surface area contributed by atoms with Crippen molar-refractivity contribution in [2.45, 2.75) is 26.8 Å². The van der Waals surface area contributed by atoms with Crippen molar-refractivity contribution >= 4 is 5.96 Å². The van der Waals surface area contributed by atoms with Gasteiger partial charge in [-0.2, -0.15) is 0 Å². The Morgan fingerprint density at radius 3 is 2.18 bits per heavy atom. The number of hydrogen-bond donors (Lipinski definition) is 2. The fourth-order valence-electron chi connectivity index (χ4n) is 3.54. The molecular formula is C26H32N4O3. The lowest BCUT2D eigenvalue weighted by Gasteiger charge is -2.14. The van der Waals surface area contributed by atoms with Crippen LogP contribution in [0, 0.1) is 13.8 Å². The Labute approximate surface area is 195 Å². The van der Waals surface area contributed by atoms with Crippen molar-refractivity contribution in [2.24, 2.45) is 4.99 Å². The van der Waals surface area contributed by atoms with Crippen LogP contribution in [0.4, 0.5) is 0 Å². The molecule has 0 amide bonds. The van der Waals surface area contributed by atoms with Gasteiger partial charge in [0.25, 0.3) is 0 Å². The Bertz CT molecular complexity index is 1040. The van der Waals surface area contributed by atoms with E-state index >= 15 is 0 Å². The van der Waals surface area contributed by atoms with E-state index in [0.717, 1.165) is 24.5 Å². The van der Waals surface area contributed by atoms with Crippen LogP contribution in [0.2, 0.25) is 0 Å². The SMILES string of the molecule is CN=C(NCCc1cc(C)cc(C)c1)NCc1ccc(Oc2c(OC)cccc2OC)nc1. The third-order valence-corrected chi connectivity index (χ3v) is 5.06. The maximum absolute atomic E-state index is 5.92. The molecule has 2 N–H and O–H groups in total. The molecule has 7 heteroatoms. The van der Waals surface area contributed by atoms with Gasteiger partial charge in [-0.3, -0.25) is 4.99 Å². The Hall–Kier alpha value is -3.74. The van der Waals surface area contributed by atoms with Crippen molar-refractivity contribution in [3.05, 3.63) is 77.0 Å². The average molecular weight is 449 g/mol. The average Bonchev–Trinajstić information content (AvgIpc) is 2.81. The number of pyridine rings is 1. The van der Waals surface area contributed by atoms with Crippen molar-refractivity contribution in [1.29, 1.82) is 0 Å². The largest absolute Gasteiger partial charge is 0.493 e. The minimum atomic E-state index is 0.456. The third-order valence-electron chi connectivity index (χ3n) is 5.06. The molecule has 0 unspecified atom stereocenters. The van der Waals surface area contributed by atoms with Crippen molar-refractivity contribution in [3.8, 4) is 23.1 Å². The molecule has 33 heavy (non-hydrogen) atoms. The summed E-state index contributed by atoms with van der Waals surface area (Å²) in [4.78, 5) is 8.72. The van der Waals surface area contributed by atoms with Crippen LogP contribution in [0.3, 0.4) is 0 Å². The summed E-state index contributed by atoms with van der Waals surface area (Å²) in [6.07, 6.45) is 2.70. The molecule has 174 valence electrons. The van der Waals surface area contributed by atoms with E-state index in [2.05, 4.69) is 52.7 Å². The number of benzene rings is 2. The number of hydrogen-bond acceptors (Lipinski definition) is 5. The summed E-state index contributed by atoms with van der Waals surface area (Å²) in [5.74, 6) is 2.86. The zero-order valence-electron chi connectivity index (χ0n) is 19.9. The third kappa shape index (κ3) is 6.87. The molecule has 0 saturated carbocycles. The number of nitrogens with zero attached hydrogens (tertiary/aromatic N) is 2. The van der Waals surface area contributed by atoms with Crippen molar-refractivity contribution in [2.75, 3.05) is 27.8 Å². The zero-order chi connectivity index (χ0) is 23.6. The highest BCUT2D eigenvalue weighted by atomic mass is 16.5. The van der Waals surface area contributed by atoms with Crippen LogP contribution in [-0.2, 0) is 13.0 Å². The number of rotatable bonds is 9. The summed E-state index contributed by atoms with van der Waals surface area (Å²) in [5.41, 5.74) is 4.90. The van der Waals surface area contributed by atoms with Crippen LogP contribution in [0.1, 0.15) is 22.3 Å². The summed E-state index contributed by atoms with van der Waals surface area (Å²) in [7, 11) is 4.95. The predicted molar refractivity (Wildman–Crippen MR) is 132 cm³/mol. The van der Waals surface area contributed by atoms with Gasteiger partial charge in [-0.25, -0.2) is 4.98 Å². The summed E-state index contributed by atoms with van der Waals surface area (Å²) < 4.78 is 16.7.